The molecule has 4 aromatic rings. The summed E-state index contributed by atoms with van der Waals surface area (Å²) in [5.74, 6) is 0.795. The molecule has 0 radical (unpaired) electrons. The zero-order valence-electron chi connectivity index (χ0n) is 15.9. The van der Waals surface area contributed by atoms with Crippen LogP contribution in [0.4, 0.5) is 0 Å². The minimum Gasteiger partial charge on any atom is -0.462 e. The largest absolute Gasteiger partial charge is 0.462 e. The van der Waals surface area contributed by atoms with Crippen molar-refractivity contribution in [2.45, 2.75) is 19.9 Å². The van der Waals surface area contributed by atoms with Gasteiger partial charge in [-0.25, -0.2) is 4.98 Å². The normalized spacial score (nSPS) is 15.4. The lowest BCUT2D eigenvalue weighted by molar-refractivity contribution is 0.576. The molecule has 1 aliphatic heterocycles. The Morgan fingerprint density at radius 1 is 1.03 bits per heavy atom. The molecule has 0 N–H and O–H groups in total. The highest BCUT2D eigenvalue weighted by molar-refractivity contribution is 9.10. The smallest absolute Gasteiger partial charge is 0.157 e. The van der Waals surface area contributed by atoms with Crippen LogP contribution in [0.1, 0.15) is 35.3 Å². The van der Waals surface area contributed by atoms with Crippen LogP contribution in [0.2, 0.25) is 0 Å². The van der Waals surface area contributed by atoms with Crippen LogP contribution in [0.5, 0.6) is 0 Å². The first-order valence-electron chi connectivity index (χ1n) is 9.29. The number of fused-ring (bicyclic) bond motifs is 3. The Labute approximate surface area is 185 Å². The van der Waals surface area contributed by atoms with Gasteiger partial charge >= 0.3 is 0 Å². The van der Waals surface area contributed by atoms with E-state index in [1.54, 1.807) is 6.26 Å². The van der Waals surface area contributed by atoms with Gasteiger partial charge in [0.15, 0.2) is 5.76 Å². The number of hydrogen-bond acceptors (Lipinski definition) is 3. The summed E-state index contributed by atoms with van der Waals surface area (Å²) in [6, 6.07) is 16.3. The molecule has 5 rings (SSSR count). The van der Waals surface area contributed by atoms with Gasteiger partial charge in [0.2, 0.25) is 0 Å². The third-order valence-corrected chi connectivity index (χ3v) is 6.39. The number of furan rings is 1. The molecule has 6 heteroatoms. The molecule has 2 aromatic heterocycles. The SMILES string of the molecule is Cc1ccoc1-c1ncn2c1[C@@H](C)N=C(c1ccccc1Br)c1cc(Br)ccc1-2. The molecule has 1 aliphatic rings. The topological polar surface area (TPSA) is 43.3 Å². The van der Waals surface area contributed by atoms with Gasteiger partial charge < -0.3 is 4.42 Å². The van der Waals surface area contributed by atoms with Crippen molar-refractivity contribution in [3.63, 3.8) is 0 Å². The fourth-order valence-corrected chi connectivity index (χ4v) is 4.67. The van der Waals surface area contributed by atoms with Crippen LogP contribution in [-0.4, -0.2) is 15.3 Å². The van der Waals surface area contributed by atoms with Crippen molar-refractivity contribution in [3.8, 4) is 17.1 Å². The molecule has 4 nitrogen and oxygen atoms in total. The Hall–Kier alpha value is -2.44. The maximum Gasteiger partial charge on any atom is 0.157 e. The number of aromatic nitrogens is 2. The Morgan fingerprint density at radius 2 is 1.86 bits per heavy atom. The maximum absolute atomic E-state index is 5.76. The van der Waals surface area contributed by atoms with Crippen LogP contribution in [-0.2, 0) is 0 Å². The molecular formula is C23H17Br2N3O. The fraction of sp³-hybridized carbons (Fsp3) is 0.130. The highest BCUT2D eigenvalue weighted by Crippen LogP contribution is 2.38. The van der Waals surface area contributed by atoms with E-state index in [-0.39, 0.29) is 6.04 Å². The summed E-state index contributed by atoms with van der Waals surface area (Å²) < 4.78 is 9.92. The van der Waals surface area contributed by atoms with Crippen molar-refractivity contribution in [2.75, 3.05) is 0 Å². The zero-order chi connectivity index (χ0) is 20.1. The van der Waals surface area contributed by atoms with Crippen LogP contribution < -0.4 is 0 Å². The van der Waals surface area contributed by atoms with E-state index >= 15 is 0 Å². The lowest BCUT2D eigenvalue weighted by atomic mass is 10.0. The van der Waals surface area contributed by atoms with Crippen LogP contribution in [0.3, 0.4) is 0 Å². The lowest BCUT2D eigenvalue weighted by Crippen LogP contribution is -2.07. The van der Waals surface area contributed by atoms with Gasteiger partial charge in [-0.15, -0.1) is 0 Å². The standard InChI is InChI=1S/C23H17Br2N3O/c1-13-9-10-29-23(13)21-22-14(2)27-20(16-5-3-4-6-18(16)25)17-11-15(24)7-8-19(17)28(22)12-26-21/h3-12,14H,1-2H3/t14-/m1/s1. The number of aliphatic imine (C=N–C) groups is 1. The summed E-state index contributed by atoms with van der Waals surface area (Å²) in [7, 11) is 0. The van der Waals surface area contributed by atoms with Gasteiger partial charge in [0.25, 0.3) is 0 Å². The Bertz CT molecular complexity index is 1270. The Kier molecular flexibility index (Phi) is 4.56. The number of halogens is 2. The molecule has 0 saturated heterocycles. The van der Waals surface area contributed by atoms with E-state index in [4.69, 9.17) is 14.4 Å². The van der Waals surface area contributed by atoms with Crippen molar-refractivity contribution in [1.29, 1.82) is 0 Å². The van der Waals surface area contributed by atoms with E-state index in [9.17, 15) is 0 Å². The van der Waals surface area contributed by atoms with Gasteiger partial charge in [-0.3, -0.25) is 9.56 Å². The first-order chi connectivity index (χ1) is 14.0. The molecular weight excluding hydrogens is 494 g/mol. The average Bonchev–Trinajstić information content (AvgIpc) is 3.30. The third kappa shape index (κ3) is 3.02. The number of hydrogen-bond donors (Lipinski definition) is 0. The predicted octanol–water partition coefficient (Wildman–Crippen LogP) is 6.88. The van der Waals surface area contributed by atoms with E-state index in [1.807, 2.05) is 43.6 Å². The van der Waals surface area contributed by atoms with Gasteiger partial charge in [0.1, 0.15) is 12.0 Å². The molecule has 0 fully saturated rings. The van der Waals surface area contributed by atoms with E-state index in [0.29, 0.717) is 0 Å². The molecule has 0 saturated carbocycles. The van der Waals surface area contributed by atoms with Gasteiger partial charge in [-0.1, -0.05) is 50.1 Å². The van der Waals surface area contributed by atoms with Gasteiger partial charge in [0.05, 0.1) is 29.4 Å². The summed E-state index contributed by atoms with van der Waals surface area (Å²) in [6.07, 6.45) is 3.58. The Morgan fingerprint density at radius 3 is 2.62 bits per heavy atom. The van der Waals surface area contributed by atoms with Crippen molar-refractivity contribution in [3.05, 3.63) is 92.5 Å². The minimum absolute atomic E-state index is 0.106. The molecule has 29 heavy (non-hydrogen) atoms. The molecule has 0 unspecified atom stereocenters. The minimum atomic E-state index is -0.106. The zero-order valence-corrected chi connectivity index (χ0v) is 19.0. The molecule has 0 spiro atoms. The first kappa shape index (κ1) is 18.6. The molecule has 144 valence electrons. The monoisotopic (exact) mass is 509 g/mol. The van der Waals surface area contributed by atoms with E-state index in [2.05, 4.69) is 61.5 Å². The fourth-order valence-electron chi connectivity index (χ4n) is 3.84. The van der Waals surface area contributed by atoms with Crippen LogP contribution in [0.15, 0.2) is 79.5 Å². The summed E-state index contributed by atoms with van der Waals surface area (Å²) >= 11 is 7.33. The first-order valence-corrected chi connectivity index (χ1v) is 10.9. The number of imidazole rings is 1. The van der Waals surface area contributed by atoms with E-state index in [1.165, 1.54) is 0 Å². The number of nitrogens with zero attached hydrogens (tertiary/aromatic N) is 3. The molecule has 0 amide bonds. The second-order valence-corrected chi connectivity index (χ2v) is 8.85. The highest BCUT2D eigenvalue weighted by atomic mass is 79.9. The second kappa shape index (κ2) is 7.11. The number of aryl methyl sites for hydroxylation is 1. The molecule has 3 heterocycles. The summed E-state index contributed by atoms with van der Waals surface area (Å²) in [4.78, 5) is 9.88. The van der Waals surface area contributed by atoms with Crippen LogP contribution in [0.25, 0.3) is 17.1 Å². The Balaban J connectivity index is 1.82. The van der Waals surface area contributed by atoms with Crippen LogP contribution >= 0.6 is 31.9 Å². The summed E-state index contributed by atoms with van der Waals surface area (Å²) in [5.41, 5.74) is 7.04. The number of benzene rings is 2. The summed E-state index contributed by atoms with van der Waals surface area (Å²) in [5, 5.41) is 0. The highest BCUT2D eigenvalue weighted by Gasteiger charge is 2.28. The predicted molar refractivity (Wildman–Crippen MR) is 122 cm³/mol. The molecule has 2 aromatic carbocycles. The van der Waals surface area contributed by atoms with E-state index in [0.717, 1.165) is 54.2 Å². The third-order valence-electron chi connectivity index (χ3n) is 5.20. The van der Waals surface area contributed by atoms with Gasteiger partial charge in [-0.05, 0) is 49.7 Å². The number of rotatable bonds is 2. The van der Waals surface area contributed by atoms with E-state index < -0.39 is 0 Å². The van der Waals surface area contributed by atoms with Crippen molar-refractivity contribution in [1.82, 2.24) is 9.55 Å². The van der Waals surface area contributed by atoms with Gasteiger partial charge in [0, 0.05) is 20.1 Å². The van der Waals surface area contributed by atoms with Gasteiger partial charge in [-0.2, -0.15) is 0 Å². The maximum atomic E-state index is 5.76. The van der Waals surface area contributed by atoms with Crippen molar-refractivity contribution < 1.29 is 4.42 Å². The quantitative estimate of drug-likeness (QED) is 0.295. The van der Waals surface area contributed by atoms with Crippen molar-refractivity contribution in [2.24, 2.45) is 4.99 Å². The summed E-state index contributed by atoms with van der Waals surface area (Å²) in [6.45, 7) is 4.14. The lowest BCUT2D eigenvalue weighted by Gasteiger charge is -2.13. The molecule has 0 aliphatic carbocycles. The second-order valence-electron chi connectivity index (χ2n) is 7.08. The average molecular weight is 511 g/mol. The molecule has 1 atom stereocenters. The molecule has 0 bridgehead atoms. The van der Waals surface area contributed by atoms with Crippen LogP contribution in [0, 0.1) is 6.92 Å². The van der Waals surface area contributed by atoms with Crippen molar-refractivity contribution >= 4 is 37.6 Å².